The van der Waals surface area contributed by atoms with Gasteiger partial charge >= 0.3 is 0 Å². The predicted octanol–water partition coefficient (Wildman–Crippen LogP) is 9.64. The Kier molecular flexibility index (Phi) is 34.5. The molecule has 0 spiro atoms. The molecule has 0 bridgehead atoms. The number of aliphatic hydroxyl groups excluding tert-OH is 2. The molecule has 0 rings (SSSR count). The Bertz CT molecular complexity index is 371. The minimum Gasteiger partial charge on any atom is -0.484 e. The first-order valence-electron chi connectivity index (χ1n) is 15.2. The van der Waals surface area contributed by atoms with E-state index in [9.17, 15) is 0 Å². The zero-order chi connectivity index (χ0) is 26.4. The van der Waals surface area contributed by atoms with Gasteiger partial charge in [0, 0.05) is 6.42 Å². The lowest BCUT2D eigenvalue weighted by atomic mass is 10.1. The van der Waals surface area contributed by atoms with E-state index in [1.165, 1.54) is 116 Å². The Morgan fingerprint density at radius 1 is 0.629 bits per heavy atom. The molecule has 2 N–H and O–H groups in total. The number of ether oxygens (including phenoxy) is 1. The van der Waals surface area contributed by atoms with Crippen molar-refractivity contribution < 1.29 is 14.9 Å². The van der Waals surface area contributed by atoms with E-state index in [1.807, 2.05) is 6.92 Å². The second-order valence-corrected chi connectivity index (χ2v) is 13.2. The van der Waals surface area contributed by atoms with E-state index in [-0.39, 0.29) is 13.2 Å². The van der Waals surface area contributed by atoms with Crippen LogP contribution in [0.15, 0.2) is 0 Å². The largest absolute Gasteiger partial charge is 0.484 e. The standard InChI is InChI=1S/C24H51P.C6H12O3S/c1-4-7-10-13-16-19-22-25(23-20-17-14-11-8-5-2)24-21-18-15-12-9-6-3;1-2-6(10)9-4-5(8)3-7/h4-24H2,1-3H3;5,7-8H,2-4H2,1H3. The maximum atomic E-state index is 8.77. The average molecular weight is 535 g/mol. The fourth-order valence-electron chi connectivity index (χ4n) is 4.03. The first-order valence-corrected chi connectivity index (χ1v) is 17.5. The second-order valence-electron chi connectivity index (χ2n) is 10.0. The van der Waals surface area contributed by atoms with Crippen molar-refractivity contribution in [3.63, 3.8) is 0 Å². The van der Waals surface area contributed by atoms with Gasteiger partial charge in [0.2, 0.25) is 0 Å². The summed E-state index contributed by atoms with van der Waals surface area (Å²) in [5.41, 5.74) is 0. The molecule has 212 valence electrons. The third-order valence-corrected chi connectivity index (χ3v) is 9.67. The molecular weight excluding hydrogens is 471 g/mol. The maximum absolute atomic E-state index is 8.77. The molecule has 0 aromatic carbocycles. The van der Waals surface area contributed by atoms with Crippen LogP contribution in [0.3, 0.4) is 0 Å². The molecule has 0 fully saturated rings. The van der Waals surface area contributed by atoms with Crippen LogP contribution in [0, 0.1) is 0 Å². The highest BCUT2D eigenvalue weighted by atomic mass is 32.1. The number of hydrogen-bond acceptors (Lipinski definition) is 4. The minimum absolute atomic E-state index is 0.0865. The van der Waals surface area contributed by atoms with Crippen molar-refractivity contribution in [3.05, 3.63) is 0 Å². The summed E-state index contributed by atoms with van der Waals surface area (Å²) in [6.07, 6.45) is 31.1. The second kappa shape index (κ2) is 32.3. The van der Waals surface area contributed by atoms with Crippen molar-refractivity contribution in [2.45, 2.75) is 156 Å². The lowest BCUT2D eigenvalue weighted by molar-refractivity contribution is 0.0500. The summed E-state index contributed by atoms with van der Waals surface area (Å²) in [4.78, 5) is 0. The fraction of sp³-hybridized carbons (Fsp3) is 0.967. The fourth-order valence-corrected chi connectivity index (χ4v) is 6.78. The van der Waals surface area contributed by atoms with Crippen LogP contribution in [0.4, 0.5) is 0 Å². The molecular formula is C30H63O3PS. The van der Waals surface area contributed by atoms with Crippen LogP contribution in [-0.4, -0.2) is 53.1 Å². The Labute approximate surface area is 227 Å². The van der Waals surface area contributed by atoms with E-state index in [0.29, 0.717) is 19.4 Å². The Hall–Kier alpha value is 0.240. The molecule has 0 aromatic rings. The van der Waals surface area contributed by atoms with Crippen molar-refractivity contribution in [3.8, 4) is 0 Å². The third kappa shape index (κ3) is 32.2. The Morgan fingerprint density at radius 2 is 0.971 bits per heavy atom. The number of rotatable bonds is 25. The van der Waals surface area contributed by atoms with Gasteiger partial charge in [0.1, 0.15) is 12.7 Å². The van der Waals surface area contributed by atoms with Gasteiger partial charge in [-0.05, 0) is 50.0 Å². The molecule has 0 saturated carbocycles. The van der Waals surface area contributed by atoms with E-state index in [1.54, 1.807) is 18.5 Å². The van der Waals surface area contributed by atoms with E-state index >= 15 is 0 Å². The highest BCUT2D eigenvalue weighted by molar-refractivity contribution is 7.80. The van der Waals surface area contributed by atoms with Gasteiger partial charge < -0.3 is 14.9 Å². The predicted molar refractivity (Wildman–Crippen MR) is 164 cm³/mol. The van der Waals surface area contributed by atoms with Crippen molar-refractivity contribution in [1.82, 2.24) is 0 Å². The summed E-state index contributed by atoms with van der Waals surface area (Å²) >= 11 is 4.71. The van der Waals surface area contributed by atoms with Crippen LogP contribution in [0.5, 0.6) is 0 Å². The SMILES string of the molecule is CCC(=S)OCC(O)CO.CCCCCCCCP(CCCCCCCC)CCCCCCCC. The first kappa shape index (κ1) is 37.4. The van der Waals surface area contributed by atoms with Gasteiger partial charge in [-0.1, -0.05) is 124 Å². The zero-order valence-corrected chi connectivity index (χ0v) is 25.9. The highest BCUT2D eigenvalue weighted by Gasteiger charge is 2.08. The van der Waals surface area contributed by atoms with Gasteiger partial charge in [-0.15, -0.1) is 7.92 Å². The summed E-state index contributed by atoms with van der Waals surface area (Å²) in [7, 11) is 0.366. The van der Waals surface area contributed by atoms with Crippen LogP contribution >= 0.6 is 20.1 Å². The van der Waals surface area contributed by atoms with Crippen LogP contribution in [0.2, 0.25) is 0 Å². The summed E-state index contributed by atoms with van der Waals surface area (Å²) in [6.45, 7) is 8.63. The van der Waals surface area contributed by atoms with Crippen molar-refractivity contribution in [1.29, 1.82) is 0 Å². The maximum Gasteiger partial charge on any atom is 0.159 e. The quantitative estimate of drug-likeness (QED) is 0.0695. The Balaban J connectivity index is 0. The Morgan fingerprint density at radius 3 is 1.29 bits per heavy atom. The van der Waals surface area contributed by atoms with Gasteiger partial charge in [-0.2, -0.15) is 0 Å². The third-order valence-electron chi connectivity index (χ3n) is 6.42. The molecule has 0 aliphatic heterocycles. The average Bonchev–Trinajstić information content (AvgIpc) is 2.88. The van der Waals surface area contributed by atoms with Crippen LogP contribution in [0.25, 0.3) is 0 Å². The number of aliphatic hydroxyl groups is 2. The molecule has 5 heteroatoms. The van der Waals surface area contributed by atoms with E-state index < -0.39 is 6.10 Å². The summed E-state index contributed by atoms with van der Waals surface area (Å²) in [6, 6.07) is 0. The van der Waals surface area contributed by atoms with Crippen molar-refractivity contribution in [2.75, 3.05) is 31.7 Å². The summed E-state index contributed by atoms with van der Waals surface area (Å²) in [5, 5.41) is 17.6. The van der Waals surface area contributed by atoms with E-state index in [0.717, 1.165) is 0 Å². The molecule has 0 aliphatic carbocycles. The smallest absolute Gasteiger partial charge is 0.159 e. The molecule has 0 aliphatic rings. The minimum atomic E-state index is -0.815. The monoisotopic (exact) mass is 534 g/mol. The topological polar surface area (TPSA) is 49.7 Å². The van der Waals surface area contributed by atoms with Gasteiger partial charge in [-0.25, -0.2) is 0 Å². The summed E-state index contributed by atoms with van der Waals surface area (Å²) < 4.78 is 4.87. The lowest BCUT2D eigenvalue weighted by Crippen LogP contribution is -2.20. The lowest BCUT2D eigenvalue weighted by Gasteiger charge is -2.18. The molecule has 0 aromatic heterocycles. The number of thiocarbonyl (C=S) groups is 1. The normalized spacial score (nSPS) is 11.9. The molecule has 0 saturated heterocycles. The molecule has 3 nitrogen and oxygen atoms in total. The van der Waals surface area contributed by atoms with Crippen molar-refractivity contribution in [2.24, 2.45) is 0 Å². The molecule has 1 atom stereocenters. The van der Waals surface area contributed by atoms with Crippen molar-refractivity contribution >= 4 is 25.2 Å². The molecule has 0 amide bonds. The first-order chi connectivity index (χ1) is 17.0. The van der Waals surface area contributed by atoms with Gasteiger partial charge in [-0.3, -0.25) is 0 Å². The van der Waals surface area contributed by atoms with E-state index in [4.69, 9.17) is 27.2 Å². The van der Waals surface area contributed by atoms with Gasteiger partial charge in [0.25, 0.3) is 0 Å². The van der Waals surface area contributed by atoms with Gasteiger partial charge in [0.05, 0.1) is 6.61 Å². The van der Waals surface area contributed by atoms with Crippen LogP contribution in [-0.2, 0) is 4.74 Å². The molecule has 0 radical (unpaired) electrons. The zero-order valence-electron chi connectivity index (χ0n) is 24.2. The summed E-state index contributed by atoms with van der Waals surface area (Å²) in [5.74, 6) is 0. The van der Waals surface area contributed by atoms with Crippen LogP contribution in [0.1, 0.15) is 150 Å². The number of hydrogen-bond donors (Lipinski definition) is 2. The van der Waals surface area contributed by atoms with Gasteiger partial charge in [0.15, 0.2) is 5.05 Å². The van der Waals surface area contributed by atoms with Crippen LogP contribution < -0.4 is 0 Å². The van der Waals surface area contributed by atoms with E-state index in [2.05, 4.69) is 20.8 Å². The molecule has 1 unspecified atom stereocenters. The molecule has 35 heavy (non-hydrogen) atoms. The highest BCUT2D eigenvalue weighted by Crippen LogP contribution is 2.39. The molecule has 0 heterocycles. The number of unbranched alkanes of at least 4 members (excludes halogenated alkanes) is 15.